The molecule has 2 saturated heterocycles. The van der Waals surface area contributed by atoms with Crippen molar-refractivity contribution in [2.75, 3.05) is 50.1 Å². The second-order valence-corrected chi connectivity index (χ2v) is 9.02. The van der Waals surface area contributed by atoms with Crippen molar-refractivity contribution in [3.05, 3.63) is 24.3 Å². The molecule has 0 saturated carbocycles. The van der Waals surface area contributed by atoms with Gasteiger partial charge in [-0.25, -0.2) is 8.42 Å². The van der Waals surface area contributed by atoms with Gasteiger partial charge in [0.1, 0.15) is 17.5 Å². The van der Waals surface area contributed by atoms with E-state index >= 15 is 0 Å². The van der Waals surface area contributed by atoms with Crippen molar-refractivity contribution in [1.29, 1.82) is 0 Å². The molecule has 1 aromatic carbocycles. The van der Waals surface area contributed by atoms with Gasteiger partial charge in [-0.3, -0.25) is 0 Å². The molecule has 0 bridgehead atoms. The van der Waals surface area contributed by atoms with Crippen LogP contribution in [0.1, 0.15) is 6.42 Å². The first kappa shape index (κ1) is 17.4. The zero-order valence-corrected chi connectivity index (χ0v) is 15.5. The van der Waals surface area contributed by atoms with E-state index in [0.29, 0.717) is 16.6 Å². The number of thiocarbonyl (C=S) groups is 1. The lowest BCUT2D eigenvalue weighted by molar-refractivity contribution is -0.925. The number of sulfone groups is 1. The molecular weight excluding hydrogens is 346 g/mol. The predicted octanol–water partition coefficient (Wildman–Crippen LogP) is -0.220. The van der Waals surface area contributed by atoms with Gasteiger partial charge in [0.2, 0.25) is 0 Å². The fourth-order valence-corrected chi connectivity index (χ4v) is 5.55. The maximum atomic E-state index is 11.6. The number of methoxy groups -OCH3 is 1. The molecule has 132 valence electrons. The molecule has 0 aromatic heterocycles. The van der Waals surface area contributed by atoms with Crippen LogP contribution in [0.4, 0.5) is 5.69 Å². The third-order valence-corrected chi connectivity index (χ3v) is 6.95. The number of hydrogen-bond donors (Lipinski definition) is 2. The Morgan fingerprint density at radius 3 is 2.75 bits per heavy atom. The molecule has 0 unspecified atom stereocenters. The summed E-state index contributed by atoms with van der Waals surface area (Å²) in [5.41, 5.74) is 0.913. The Morgan fingerprint density at radius 1 is 1.38 bits per heavy atom. The van der Waals surface area contributed by atoms with Crippen molar-refractivity contribution < 1.29 is 18.1 Å². The number of quaternary nitrogens is 1. The van der Waals surface area contributed by atoms with E-state index in [9.17, 15) is 8.42 Å². The lowest BCUT2D eigenvalue weighted by Crippen LogP contribution is -3.18. The molecule has 2 aliphatic heterocycles. The number of nitrogens with one attached hydrogen (secondary N) is 2. The second-order valence-electron chi connectivity index (χ2n) is 6.41. The monoisotopic (exact) mass is 370 g/mol. The minimum atomic E-state index is -2.81. The van der Waals surface area contributed by atoms with Crippen LogP contribution in [0.25, 0.3) is 0 Å². The van der Waals surface area contributed by atoms with E-state index in [1.807, 2.05) is 24.3 Å². The molecule has 3 rings (SSSR count). The highest BCUT2D eigenvalue weighted by molar-refractivity contribution is 7.91. The Hall–Kier alpha value is -1.38. The van der Waals surface area contributed by atoms with Crippen LogP contribution >= 0.6 is 12.2 Å². The largest absolute Gasteiger partial charge is 0.497 e. The van der Waals surface area contributed by atoms with Gasteiger partial charge in [0, 0.05) is 18.2 Å². The highest BCUT2D eigenvalue weighted by atomic mass is 32.2. The second kappa shape index (κ2) is 7.25. The molecule has 6 nitrogen and oxygen atoms in total. The van der Waals surface area contributed by atoms with E-state index in [-0.39, 0.29) is 6.04 Å². The first-order chi connectivity index (χ1) is 11.5. The van der Waals surface area contributed by atoms with Gasteiger partial charge >= 0.3 is 0 Å². The molecule has 2 fully saturated rings. The summed E-state index contributed by atoms with van der Waals surface area (Å²) in [6.07, 6.45) is 0.796. The first-order valence-corrected chi connectivity index (χ1v) is 10.4. The number of hydrogen-bond acceptors (Lipinski definition) is 4. The number of piperazine rings is 1. The Morgan fingerprint density at radius 2 is 2.12 bits per heavy atom. The highest BCUT2D eigenvalue weighted by Gasteiger charge is 2.37. The maximum absolute atomic E-state index is 11.6. The van der Waals surface area contributed by atoms with Crippen LogP contribution in [0.2, 0.25) is 0 Å². The first-order valence-electron chi connectivity index (χ1n) is 8.22. The van der Waals surface area contributed by atoms with Crippen LogP contribution < -0.4 is 15.0 Å². The van der Waals surface area contributed by atoms with Crippen LogP contribution in [0, 0.1) is 0 Å². The van der Waals surface area contributed by atoms with Crippen LogP contribution in [-0.4, -0.2) is 69.3 Å². The Kier molecular flexibility index (Phi) is 5.27. The third-order valence-electron chi connectivity index (χ3n) is 4.82. The molecule has 2 heterocycles. The van der Waals surface area contributed by atoms with E-state index in [4.69, 9.17) is 17.0 Å². The fraction of sp³-hybridized carbons (Fsp3) is 0.562. The minimum absolute atomic E-state index is 0.261. The SMILES string of the molecule is COc1cccc(NC(=S)N2CC[NH+]([C@@H]3CCS(=O)(=O)C3)CC2)c1. The molecule has 8 heteroatoms. The van der Waals surface area contributed by atoms with E-state index in [0.717, 1.165) is 44.0 Å². The summed E-state index contributed by atoms with van der Waals surface area (Å²) in [5.74, 6) is 1.48. The smallest absolute Gasteiger partial charge is 0.173 e. The number of benzene rings is 1. The lowest BCUT2D eigenvalue weighted by Gasteiger charge is -2.36. The number of ether oxygens (including phenoxy) is 1. The van der Waals surface area contributed by atoms with Crippen LogP contribution in [-0.2, 0) is 9.84 Å². The molecule has 0 spiro atoms. The summed E-state index contributed by atoms with van der Waals surface area (Å²) >= 11 is 5.51. The standard InChI is InChI=1S/C16H23N3O3S2/c1-22-15-4-2-3-13(11-15)17-16(23)19-8-6-18(7-9-19)14-5-10-24(20,21)12-14/h2-4,11,14H,5-10,12H2,1H3,(H,17,23)/p+1/t14-/m1/s1. The average Bonchev–Trinajstić information content (AvgIpc) is 2.95. The molecule has 1 atom stereocenters. The van der Waals surface area contributed by atoms with E-state index in [2.05, 4.69) is 10.2 Å². The van der Waals surface area contributed by atoms with Crippen molar-refractivity contribution in [3.63, 3.8) is 0 Å². The van der Waals surface area contributed by atoms with Crippen LogP contribution in [0.5, 0.6) is 5.75 Å². The van der Waals surface area contributed by atoms with Gasteiger partial charge in [0.05, 0.1) is 39.0 Å². The van der Waals surface area contributed by atoms with Gasteiger partial charge in [-0.1, -0.05) is 6.07 Å². The van der Waals surface area contributed by atoms with Crippen LogP contribution in [0.3, 0.4) is 0 Å². The third kappa shape index (κ3) is 4.17. The van der Waals surface area contributed by atoms with Crippen molar-refractivity contribution in [3.8, 4) is 5.75 Å². The predicted molar refractivity (Wildman–Crippen MR) is 98.5 cm³/mol. The summed E-state index contributed by atoms with van der Waals surface area (Å²) < 4.78 is 28.5. The van der Waals surface area contributed by atoms with E-state index in [1.165, 1.54) is 4.90 Å². The lowest BCUT2D eigenvalue weighted by atomic mass is 10.2. The van der Waals surface area contributed by atoms with Gasteiger partial charge in [-0.15, -0.1) is 0 Å². The number of nitrogens with zero attached hydrogens (tertiary/aromatic N) is 1. The number of anilines is 1. The quantitative estimate of drug-likeness (QED) is 0.718. The molecule has 24 heavy (non-hydrogen) atoms. The van der Waals surface area contributed by atoms with Crippen LogP contribution in [0.15, 0.2) is 24.3 Å². The Labute approximate surface area is 148 Å². The van der Waals surface area contributed by atoms with Crippen molar-refractivity contribution in [2.24, 2.45) is 0 Å². The van der Waals surface area contributed by atoms with Gasteiger partial charge in [0.15, 0.2) is 14.9 Å². The van der Waals surface area contributed by atoms with Gasteiger partial charge < -0.3 is 19.9 Å². The average molecular weight is 371 g/mol. The van der Waals surface area contributed by atoms with Crippen molar-refractivity contribution >= 4 is 32.9 Å². The minimum Gasteiger partial charge on any atom is -0.497 e. The molecule has 2 aliphatic rings. The molecule has 0 radical (unpaired) electrons. The number of rotatable bonds is 3. The van der Waals surface area contributed by atoms with E-state index < -0.39 is 9.84 Å². The Bertz CT molecular complexity index is 700. The summed E-state index contributed by atoms with van der Waals surface area (Å²) in [5, 5.41) is 3.97. The van der Waals surface area contributed by atoms with Gasteiger partial charge in [-0.05, 0) is 24.4 Å². The molecule has 1 aromatic rings. The van der Waals surface area contributed by atoms with E-state index in [1.54, 1.807) is 7.11 Å². The van der Waals surface area contributed by atoms with Crippen molar-refractivity contribution in [2.45, 2.75) is 12.5 Å². The summed E-state index contributed by atoms with van der Waals surface area (Å²) in [7, 11) is -1.16. The highest BCUT2D eigenvalue weighted by Crippen LogP contribution is 2.17. The van der Waals surface area contributed by atoms with Crippen molar-refractivity contribution in [1.82, 2.24) is 4.90 Å². The molecule has 0 aliphatic carbocycles. The Balaban J connectivity index is 1.52. The molecule has 0 amide bonds. The normalized spacial score (nSPS) is 23.9. The summed E-state index contributed by atoms with van der Waals surface area (Å²) in [6, 6.07) is 7.95. The zero-order valence-electron chi connectivity index (χ0n) is 13.8. The van der Waals surface area contributed by atoms with Gasteiger partial charge in [0.25, 0.3) is 0 Å². The molecule has 2 N–H and O–H groups in total. The fourth-order valence-electron chi connectivity index (χ4n) is 3.43. The van der Waals surface area contributed by atoms with Gasteiger partial charge in [-0.2, -0.15) is 0 Å². The summed E-state index contributed by atoms with van der Waals surface area (Å²) in [4.78, 5) is 3.55. The zero-order chi connectivity index (χ0) is 17.2. The topological polar surface area (TPSA) is 63.1 Å². The molecular formula is C16H24N3O3S2+. The summed E-state index contributed by atoms with van der Waals surface area (Å²) in [6.45, 7) is 3.56. The maximum Gasteiger partial charge on any atom is 0.173 e.